The summed E-state index contributed by atoms with van der Waals surface area (Å²) in [5, 5.41) is 17.2. The van der Waals surface area contributed by atoms with Crippen molar-refractivity contribution < 1.29 is 19.3 Å². The van der Waals surface area contributed by atoms with Crippen LogP contribution in [0.4, 0.5) is 17.1 Å². The molecular formula is C22H26N5O3+. The number of carbonyl (C=O) groups is 3. The van der Waals surface area contributed by atoms with E-state index in [1.165, 1.54) is 6.92 Å². The van der Waals surface area contributed by atoms with Gasteiger partial charge in [-0.05, 0) is 56.3 Å². The Morgan fingerprint density at radius 3 is 2.20 bits per heavy atom. The first-order valence-electron chi connectivity index (χ1n) is 9.65. The van der Waals surface area contributed by atoms with Gasteiger partial charge in [-0.25, -0.2) is 0 Å². The average molecular weight is 408 g/mol. The number of carbonyl (C=O) groups excluding carboxylic acids is 3. The fraction of sp³-hybridized carbons (Fsp3) is 0.273. The number of amides is 3. The van der Waals surface area contributed by atoms with Crippen LogP contribution in [0.5, 0.6) is 0 Å². The van der Waals surface area contributed by atoms with E-state index in [-0.39, 0.29) is 24.3 Å². The van der Waals surface area contributed by atoms with Crippen LogP contribution in [0, 0.1) is 11.3 Å². The van der Waals surface area contributed by atoms with Crippen LogP contribution in [0.2, 0.25) is 0 Å². The third-order valence-electron chi connectivity index (χ3n) is 4.60. The van der Waals surface area contributed by atoms with E-state index in [2.05, 4.69) is 16.0 Å². The van der Waals surface area contributed by atoms with Gasteiger partial charge in [0, 0.05) is 24.0 Å². The quantitative estimate of drug-likeness (QED) is 0.528. The summed E-state index contributed by atoms with van der Waals surface area (Å²) in [5.74, 6) is -0.611. The van der Waals surface area contributed by atoms with Crippen molar-refractivity contribution in [3.05, 3.63) is 54.1 Å². The number of benzene rings is 2. The summed E-state index contributed by atoms with van der Waals surface area (Å²) < 4.78 is 0. The zero-order chi connectivity index (χ0) is 22.1. The Bertz CT molecular complexity index is 950. The lowest BCUT2D eigenvalue weighted by Crippen LogP contribution is -3.17. The van der Waals surface area contributed by atoms with Crippen LogP contribution in [-0.4, -0.2) is 36.9 Å². The van der Waals surface area contributed by atoms with Gasteiger partial charge in [-0.3, -0.25) is 14.4 Å². The average Bonchev–Trinajstić information content (AvgIpc) is 2.72. The summed E-state index contributed by atoms with van der Waals surface area (Å²) in [6.07, 6.45) is 0. The smallest absolute Gasteiger partial charge is 0.282 e. The van der Waals surface area contributed by atoms with E-state index in [1.54, 1.807) is 55.5 Å². The first kappa shape index (κ1) is 22.6. The molecule has 0 aliphatic rings. The van der Waals surface area contributed by atoms with Crippen molar-refractivity contribution in [1.82, 2.24) is 0 Å². The Hall–Kier alpha value is -3.70. The molecule has 0 radical (unpaired) electrons. The van der Waals surface area contributed by atoms with Crippen molar-refractivity contribution in [2.24, 2.45) is 0 Å². The van der Waals surface area contributed by atoms with Gasteiger partial charge in [-0.1, -0.05) is 6.07 Å². The minimum absolute atomic E-state index is 0.122. The minimum atomic E-state index is -0.464. The first-order chi connectivity index (χ1) is 14.3. The fourth-order valence-electron chi connectivity index (χ4n) is 2.94. The molecule has 8 heteroatoms. The molecule has 1 unspecified atom stereocenters. The van der Waals surface area contributed by atoms with E-state index in [1.807, 2.05) is 13.0 Å². The zero-order valence-corrected chi connectivity index (χ0v) is 17.3. The maximum absolute atomic E-state index is 12.6. The van der Waals surface area contributed by atoms with Gasteiger partial charge in [-0.2, -0.15) is 5.26 Å². The maximum atomic E-state index is 12.6. The van der Waals surface area contributed by atoms with Crippen LogP contribution in [0.1, 0.15) is 26.3 Å². The predicted octanol–water partition coefficient (Wildman–Crippen LogP) is 1.39. The van der Waals surface area contributed by atoms with Crippen molar-refractivity contribution >= 4 is 34.8 Å². The summed E-state index contributed by atoms with van der Waals surface area (Å²) >= 11 is 0. The van der Waals surface area contributed by atoms with Gasteiger partial charge in [0.15, 0.2) is 12.6 Å². The van der Waals surface area contributed by atoms with E-state index in [9.17, 15) is 14.4 Å². The van der Waals surface area contributed by atoms with E-state index >= 15 is 0 Å². The summed E-state index contributed by atoms with van der Waals surface area (Å²) in [7, 11) is 0. The molecule has 0 aliphatic heterocycles. The molecule has 0 saturated heterocycles. The molecule has 3 amide bonds. The second-order valence-electron chi connectivity index (χ2n) is 6.90. The third-order valence-corrected chi connectivity index (χ3v) is 4.60. The Labute approximate surface area is 175 Å². The van der Waals surface area contributed by atoms with Gasteiger partial charge in [-0.15, -0.1) is 0 Å². The maximum Gasteiger partial charge on any atom is 0.282 e. The third kappa shape index (κ3) is 6.72. The Morgan fingerprint density at radius 2 is 1.63 bits per heavy atom. The van der Waals surface area contributed by atoms with Crippen LogP contribution in [0.15, 0.2) is 48.5 Å². The first-order valence-corrected chi connectivity index (χ1v) is 9.65. The molecule has 8 nitrogen and oxygen atoms in total. The topological polar surface area (TPSA) is 116 Å². The highest BCUT2D eigenvalue weighted by Gasteiger charge is 2.26. The van der Waals surface area contributed by atoms with E-state index in [4.69, 9.17) is 5.26 Å². The number of nitrogens with zero attached hydrogens (tertiary/aromatic N) is 1. The lowest BCUT2D eigenvalue weighted by Gasteiger charge is -2.23. The number of hydrogen-bond donors (Lipinski definition) is 4. The number of rotatable bonds is 8. The molecule has 156 valence electrons. The molecule has 2 aromatic carbocycles. The van der Waals surface area contributed by atoms with Gasteiger partial charge in [0.2, 0.25) is 5.91 Å². The Morgan fingerprint density at radius 1 is 1.00 bits per heavy atom. The number of anilines is 3. The second kappa shape index (κ2) is 10.7. The van der Waals surface area contributed by atoms with E-state index in [0.717, 1.165) is 4.90 Å². The number of nitrogens with one attached hydrogen (secondary N) is 4. The summed E-state index contributed by atoms with van der Waals surface area (Å²) in [6, 6.07) is 15.1. The number of likely N-dealkylation sites (N-methyl/N-ethyl adjacent to an activating group) is 1. The number of nitriles is 1. The van der Waals surface area contributed by atoms with Crippen LogP contribution >= 0.6 is 0 Å². The molecule has 2 rings (SSSR count). The normalized spacial score (nSPS) is 12.2. The van der Waals surface area contributed by atoms with Gasteiger partial charge in [0.05, 0.1) is 18.2 Å². The number of quaternary nitrogens is 1. The summed E-state index contributed by atoms with van der Waals surface area (Å²) in [5.41, 5.74) is 2.26. The molecule has 2 aromatic rings. The molecule has 0 spiro atoms. The molecule has 0 bridgehead atoms. The van der Waals surface area contributed by atoms with Gasteiger partial charge >= 0.3 is 0 Å². The molecule has 4 N–H and O–H groups in total. The highest BCUT2D eigenvalue weighted by molar-refractivity contribution is 5.95. The molecular weight excluding hydrogens is 382 g/mol. The molecule has 0 aliphatic carbocycles. The summed E-state index contributed by atoms with van der Waals surface area (Å²) in [6.45, 7) is 5.80. The van der Waals surface area contributed by atoms with Crippen molar-refractivity contribution in [3.8, 4) is 6.07 Å². The number of hydrogen-bond acceptors (Lipinski definition) is 4. The largest absolute Gasteiger partial charge is 0.326 e. The van der Waals surface area contributed by atoms with Crippen LogP contribution in [0.3, 0.4) is 0 Å². The van der Waals surface area contributed by atoms with E-state index < -0.39 is 6.04 Å². The Balaban J connectivity index is 1.94. The molecule has 0 heterocycles. The second-order valence-corrected chi connectivity index (χ2v) is 6.90. The van der Waals surface area contributed by atoms with Crippen molar-refractivity contribution in [2.75, 3.05) is 29.0 Å². The van der Waals surface area contributed by atoms with Gasteiger partial charge in [0.1, 0.15) is 0 Å². The van der Waals surface area contributed by atoms with Crippen molar-refractivity contribution in [3.63, 3.8) is 0 Å². The minimum Gasteiger partial charge on any atom is -0.326 e. The van der Waals surface area contributed by atoms with Crippen molar-refractivity contribution in [1.29, 1.82) is 5.26 Å². The van der Waals surface area contributed by atoms with Crippen LogP contribution in [0.25, 0.3) is 0 Å². The fourth-order valence-corrected chi connectivity index (χ4v) is 2.94. The predicted molar refractivity (Wildman–Crippen MR) is 115 cm³/mol. The molecule has 0 saturated carbocycles. The molecule has 0 aromatic heterocycles. The Kier molecular flexibility index (Phi) is 8.08. The highest BCUT2D eigenvalue weighted by Crippen LogP contribution is 2.13. The van der Waals surface area contributed by atoms with Crippen LogP contribution < -0.4 is 20.9 Å². The summed E-state index contributed by atoms with van der Waals surface area (Å²) in [4.78, 5) is 36.9. The van der Waals surface area contributed by atoms with E-state index in [0.29, 0.717) is 29.2 Å². The molecule has 0 fully saturated rings. The highest BCUT2D eigenvalue weighted by atomic mass is 16.2. The SMILES string of the molecule is CC[NH+](CC(=O)Nc1ccc(NC(C)=O)cc1)[C@@H](C)C(=O)Nc1cccc(C#N)c1. The van der Waals surface area contributed by atoms with Gasteiger partial charge in [0.25, 0.3) is 11.8 Å². The standard InChI is InChI=1S/C22H25N5O3/c1-4-27(15(2)22(30)26-20-7-5-6-17(12-20)13-23)14-21(29)25-19-10-8-18(9-11-19)24-16(3)28/h5-12,15H,4,14H2,1-3H3,(H,24,28)(H,25,29)(H,26,30)/p+1/t15-/m0/s1. The molecule has 30 heavy (non-hydrogen) atoms. The molecule has 2 atom stereocenters. The van der Waals surface area contributed by atoms with Crippen molar-refractivity contribution in [2.45, 2.75) is 26.8 Å². The van der Waals surface area contributed by atoms with Crippen LogP contribution in [-0.2, 0) is 14.4 Å². The lowest BCUT2D eigenvalue weighted by atomic mass is 10.2. The monoisotopic (exact) mass is 408 g/mol. The zero-order valence-electron chi connectivity index (χ0n) is 17.3. The lowest BCUT2D eigenvalue weighted by molar-refractivity contribution is -0.904. The van der Waals surface area contributed by atoms with Gasteiger partial charge < -0.3 is 20.9 Å².